The fourth-order valence-electron chi connectivity index (χ4n) is 2.98. The predicted octanol–water partition coefficient (Wildman–Crippen LogP) is -0.875. The quantitative estimate of drug-likeness (QED) is 0.113. The molecule has 1 aromatic rings. The number of nitrogens with two attached hydrogens (primary N) is 2. The third-order valence-corrected chi connectivity index (χ3v) is 4.73. The van der Waals surface area contributed by atoms with Gasteiger partial charge in [-0.25, -0.2) is 10.9 Å². The van der Waals surface area contributed by atoms with Crippen molar-refractivity contribution in [2.24, 2.45) is 17.5 Å². The van der Waals surface area contributed by atoms with Gasteiger partial charge in [0, 0.05) is 12.0 Å². The predicted molar refractivity (Wildman–Crippen MR) is 126 cm³/mol. The van der Waals surface area contributed by atoms with E-state index in [1.807, 2.05) is 32.0 Å². The van der Waals surface area contributed by atoms with Crippen LogP contribution in [0.25, 0.3) is 0 Å². The minimum Gasteiger partial charge on any atom is -0.345 e. The molecule has 0 bridgehead atoms. The fourth-order valence-corrected chi connectivity index (χ4v) is 2.98. The van der Waals surface area contributed by atoms with Crippen LogP contribution in [-0.2, 0) is 30.4 Å². The third kappa shape index (κ3) is 9.51. The Labute approximate surface area is 199 Å². The molecule has 7 N–H and O–H groups in total. The summed E-state index contributed by atoms with van der Waals surface area (Å²) in [7, 11) is 0. The summed E-state index contributed by atoms with van der Waals surface area (Å²) >= 11 is 0. The van der Waals surface area contributed by atoms with E-state index in [-0.39, 0.29) is 30.9 Å². The van der Waals surface area contributed by atoms with Crippen LogP contribution >= 0.6 is 0 Å². The van der Waals surface area contributed by atoms with E-state index < -0.39 is 48.2 Å². The average Bonchev–Trinajstić information content (AvgIpc) is 2.80. The van der Waals surface area contributed by atoms with Gasteiger partial charge in [-0.3, -0.25) is 24.0 Å². The van der Waals surface area contributed by atoms with Crippen LogP contribution in [0, 0.1) is 5.92 Å². The topological polar surface area (TPSA) is 177 Å². The van der Waals surface area contributed by atoms with Crippen molar-refractivity contribution in [3.8, 4) is 0 Å². The van der Waals surface area contributed by atoms with Crippen LogP contribution in [0.1, 0.15) is 32.8 Å². The first-order valence-corrected chi connectivity index (χ1v) is 10.8. The van der Waals surface area contributed by atoms with Gasteiger partial charge in [-0.1, -0.05) is 50.8 Å². The number of nitrogens with one attached hydrogen (secondary N) is 3. The largest absolute Gasteiger partial charge is 0.345 e. The zero-order valence-electron chi connectivity index (χ0n) is 19.8. The number of rotatable bonds is 12. The van der Waals surface area contributed by atoms with E-state index in [2.05, 4.69) is 22.5 Å². The summed E-state index contributed by atoms with van der Waals surface area (Å²) in [6.45, 7) is 7.71. The molecule has 1 rings (SSSR count). The number of carbonyl (C=O) groups is 5. The highest BCUT2D eigenvalue weighted by Gasteiger charge is 2.28. The lowest BCUT2D eigenvalue weighted by Gasteiger charge is -2.24. The van der Waals surface area contributed by atoms with Gasteiger partial charge >= 0.3 is 0 Å². The fraction of sp³-hybridized carbons (Fsp3) is 0.435. The monoisotopic (exact) mass is 474 g/mol. The van der Waals surface area contributed by atoms with Gasteiger partial charge in [0.15, 0.2) is 0 Å². The molecular formula is C23H34N6O5. The van der Waals surface area contributed by atoms with Gasteiger partial charge in [0.25, 0.3) is 11.8 Å². The first-order chi connectivity index (χ1) is 16.0. The van der Waals surface area contributed by atoms with Crippen molar-refractivity contribution in [3.05, 3.63) is 48.0 Å². The summed E-state index contributed by atoms with van der Waals surface area (Å²) in [5.41, 5.74) is 6.25. The molecule has 0 fully saturated rings. The van der Waals surface area contributed by atoms with Gasteiger partial charge in [-0.05, 0) is 24.8 Å². The van der Waals surface area contributed by atoms with Crippen LogP contribution in [0.3, 0.4) is 0 Å². The molecule has 0 aliphatic carbocycles. The molecule has 11 nitrogen and oxygen atoms in total. The molecule has 0 saturated heterocycles. The minimum absolute atomic E-state index is 0.0222. The van der Waals surface area contributed by atoms with Crippen LogP contribution in [0.15, 0.2) is 42.5 Å². The van der Waals surface area contributed by atoms with Crippen LogP contribution in [-0.4, -0.2) is 59.7 Å². The first kappa shape index (κ1) is 28.5. The molecule has 0 radical (unpaired) electrons. The molecule has 186 valence electrons. The molecule has 34 heavy (non-hydrogen) atoms. The number of carbonyl (C=O) groups excluding carboxylic acids is 5. The van der Waals surface area contributed by atoms with Crippen molar-refractivity contribution in [2.75, 3.05) is 13.1 Å². The standard InChI is InChI=1S/C23H34N6O5/c1-14(2)10-17(21(32)26-13-20(31)29(25)23(34)15(3)4)28-22(33)18(27-19(30)12-24)11-16-8-6-5-7-9-16/h5-9,14,17-18H,3,10-13,24-25H2,1-2,4H3,(H,26,32)(H,27,30)(H,28,33)/t17-,18-/m0/s1. The smallest absolute Gasteiger partial charge is 0.269 e. The molecule has 0 spiro atoms. The summed E-state index contributed by atoms with van der Waals surface area (Å²) in [6, 6.07) is 7.11. The van der Waals surface area contributed by atoms with E-state index in [4.69, 9.17) is 11.6 Å². The summed E-state index contributed by atoms with van der Waals surface area (Å²) in [4.78, 5) is 61.5. The lowest BCUT2D eigenvalue weighted by Crippen LogP contribution is -2.56. The zero-order valence-corrected chi connectivity index (χ0v) is 19.8. The van der Waals surface area contributed by atoms with Crippen LogP contribution in [0.4, 0.5) is 0 Å². The molecule has 11 heteroatoms. The van der Waals surface area contributed by atoms with E-state index in [0.717, 1.165) is 5.56 Å². The van der Waals surface area contributed by atoms with E-state index in [1.165, 1.54) is 6.92 Å². The van der Waals surface area contributed by atoms with Crippen molar-refractivity contribution >= 4 is 29.5 Å². The second kappa shape index (κ2) is 13.9. The molecule has 0 aromatic heterocycles. The maximum atomic E-state index is 13.0. The van der Waals surface area contributed by atoms with Gasteiger partial charge in [-0.15, -0.1) is 0 Å². The Balaban J connectivity index is 2.91. The number of nitrogens with zero attached hydrogens (tertiary/aromatic N) is 1. The van der Waals surface area contributed by atoms with E-state index >= 15 is 0 Å². The number of hydrogen-bond acceptors (Lipinski definition) is 7. The van der Waals surface area contributed by atoms with Gasteiger partial charge in [0.2, 0.25) is 17.7 Å². The summed E-state index contributed by atoms with van der Waals surface area (Å²) < 4.78 is 0. The maximum Gasteiger partial charge on any atom is 0.269 e. The van der Waals surface area contributed by atoms with Crippen molar-refractivity contribution in [2.45, 2.75) is 45.7 Å². The van der Waals surface area contributed by atoms with E-state index in [1.54, 1.807) is 12.1 Å². The zero-order chi connectivity index (χ0) is 25.8. The maximum absolute atomic E-state index is 13.0. The first-order valence-electron chi connectivity index (χ1n) is 10.8. The summed E-state index contributed by atoms with van der Waals surface area (Å²) in [5, 5.41) is 7.98. The van der Waals surface area contributed by atoms with E-state index in [9.17, 15) is 24.0 Å². The van der Waals surface area contributed by atoms with Crippen LogP contribution in [0.2, 0.25) is 0 Å². The minimum atomic E-state index is -0.989. The molecule has 1 aromatic carbocycles. The molecule has 0 unspecified atom stereocenters. The molecule has 2 atom stereocenters. The SMILES string of the molecule is C=C(C)C(=O)N(N)C(=O)CNC(=O)[C@H](CC(C)C)NC(=O)[C@H](Cc1ccccc1)NC(=O)CN. The Morgan fingerprint density at radius 2 is 1.62 bits per heavy atom. The lowest BCUT2D eigenvalue weighted by atomic mass is 10.0. The van der Waals surface area contributed by atoms with Crippen molar-refractivity contribution in [1.82, 2.24) is 21.0 Å². The van der Waals surface area contributed by atoms with Gasteiger partial charge in [-0.2, -0.15) is 0 Å². The Morgan fingerprint density at radius 3 is 2.15 bits per heavy atom. The molecule has 0 aliphatic rings. The molecular weight excluding hydrogens is 440 g/mol. The van der Waals surface area contributed by atoms with Crippen molar-refractivity contribution in [3.63, 3.8) is 0 Å². The highest BCUT2D eigenvalue weighted by atomic mass is 16.2. The average molecular weight is 475 g/mol. The Hall–Kier alpha value is -3.57. The number of amides is 5. The second-order valence-corrected chi connectivity index (χ2v) is 8.27. The molecule has 0 heterocycles. The highest BCUT2D eigenvalue weighted by Crippen LogP contribution is 2.08. The van der Waals surface area contributed by atoms with Gasteiger partial charge in [0.1, 0.15) is 12.1 Å². The Bertz CT molecular complexity index is 902. The summed E-state index contributed by atoms with van der Waals surface area (Å²) in [5.74, 6) is 2.15. The van der Waals surface area contributed by atoms with Gasteiger partial charge in [0.05, 0.1) is 13.1 Å². The lowest BCUT2D eigenvalue weighted by molar-refractivity contribution is -0.143. The number of hydrazine groups is 1. The Morgan fingerprint density at radius 1 is 1.00 bits per heavy atom. The molecule has 5 amide bonds. The summed E-state index contributed by atoms with van der Waals surface area (Å²) in [6.07, 6.45) is 0.462. The van der Waals surface area contributed by atoms with Crippen LogP contribution < -0.4 is 27.5 Å². The third-order valence-electron chi connectivity index (χ3n) is 4.73. The van der Waals surface area contributed by atoms with Crippen molar-refractivity contribution < 1.29 is 24.0 Å². The van der Waals surface area contributed by atoms with Gasteiger partial charge < -0.3 is 21.7 Å². The molecule has 0 aliphatic heterocycles. The number of hydrogen-bond donors (Lipinski definition) is 5. The van der Waals surface area contributed by atoms with Crippen molar-refractivity contribution in [1.29, 1.82) is 0 Å². The molecule has 0 saturated carbocycles. The number of imide groups is 1. The van der Waals surface area contributed by atoms with E-state index in [0.29, 0.717) is 5.01 Å². The highest BCUT2D eigenvalue weighted by molar-refractivity contribution is 6.04. The second-order valence-electron chi connectivity index (χ2n) is 8.27. The normalized spacial score (nSPS) is 12.3. The van der Waals surface area contributed by atoms with Crippen LogP contribution in [0.5, 0.6) is 0 Å². The Kier molecular flexibility index (Phi) is 11.6. The number of benzene rings is 1.